The van der Waals surface area contributed by atoms with Crippen molar-refractivity contribution in [2.24, 2.45) is 0 Å². The van der Waals surface area contributed by atoms with E-state index < -0.39 is 28.5 Å². The van der Waals surface area contributed by atoms with E-state index in [1.807, 2.05) is 12.1 Å². The molecule has 0 unspecified atom stereocenters. The van der Waals surface area contributed by atoms with Gasteiger partial charge >= 0.3 is 5.97 Å². The Balaban J connectivity index is 2.44. The molecule has 0 heterocycles. The number of sulfonamides is 1. The standard InChI is InChI=1S/C17H19ClN4O5S/c18-14-4-1-5-15(12-14)28(25,26)21-9-6-17(24)27-13-16(23)22(10-2-7-19)11-3-8-20/h1,4-5,12,21H,2-3,6,9-11,13H2. The molecule has 0 radical (unpaired) electrons. The largest absolute Gasteiger partial charge is 0.456 e. The lowest BCUT2D eigenvalue weighted by atomic mass is 10.3. The van der Waals surface area contributed by atoms with Crippen LogP contribution in [0.2, 0.25) is 5.02 Å². The van der Waals surface area contributed by atoms with Crippen LogP contribution in [-0.4, -0.2) is 51.4 Å². The van der Waals surface area contributed by atoms with Crippen LogP contribution in [0, 0.1) is 22.7 Å². The van der Waals surface area contributed by atoms with E-state index in [2.05, 4.69) is 4.72 Å². The lowest BCUT2D eigenvalue weighted by molar-refractivity contribution is -0.151. The summed E-state index contributed by atoms with van der Waals surface area (Å²) in [6.07, 6.45) is -0.0870. The van der Waals surface area contributed by atoms with Crippen LogP contribution in [0.4, 0.5) is 0 Å². The molecule has 9 nitrogen and oxygen atoms in total. The molecule has 1 aromatic carbocycles. The van der Waals surface area contributed by atoms with E-state index >= 15 is 0 Å². The number of carbonyl (C=O) groups excluding carboxylic acids is 2. The molecule has 11 heteroatoms. The molecule has 1 rings (SSSR count). The molecule has 0 aliphatic rings. The van der Waals surface area contributed by atoms with E-state index in [0.29, 0.717) is 0 Å². The second-order valence-corrected chi connectivity index (χ2v) is 7.67. The molecule has 0 atom stereocenters. The third-order valence-electron chi connectivity index (χ3n) is 3.42. The van der Waals surface area contributed by atoms with Crippen molar-refractivity contribution in [3.63, 3.8) is 0 Å². The molecule has 1 aromatic rings. The summed E-state index contributed by atoms with van der Waals surface area (Å²) in [5, 5.41) is 17.5. The normalized spacial score (nSPS) is 10.5. The minimum atomic E-state index is -3.82. The molecule has 0 fully saturated rings. The SMILES string of the molecule is N#CCCN(CCC#N)C(=O)COC(=O)CCNS(=O)(=O)c1cccc(Cl)c1. The molecule has 0 aliphatic heterocycles. The Morgan fingerprint density at radius 2 is 1.82 bits per heavy atom. The molecule has 0 spiro atoms. The first-order valence-electron chi connectivity index (χ1n) is 8.22. The summed E-state index contributed by atoms with van der Waals surface area (Å²) in [4.78, 5) is 25.0. The van der Waals surface area contributed by atoms with Gasteiger partial charge in [-0.3, -0.25) is 9.59 Å². The van der Waals surface area contributed by atoms with Crippen LogP contribution in [0.5, 0.6) is 0 Å². The molecule has 0 bridgehead atoms. The summed E-state index contributed by atoms with van der Waals surface area (Å²) >= 11 is 5.76. The number of carbonyl (C=O) groups is 2. The maximum absolute atomic E-state index is 12.1. The smallest absolute Gasteiger partial charge is 0.307 e. The lowest BCUT2D eigenvalue weighted by Gasteiger charge is -2.20. The van der Waals surface area contributed by atoms with Crippen LogP contribution in [-0.2, 0) is 24.3 Å². The zero-order valence-corrected chi connectivity index (χ0v) is 16.5. The fourth-order valence-corrected chi connectivity index (χ4v) is 3.37. The lowest BCUT2D eigenvalue weighted by Crippen LogP contribution is -2.36. The molecule has 0 aromatic heterocycles. The van der Waals surface area contributed by atoms with E-state index in [9.17, 15) is 18.0 Å². The fourth-order valence-electron chi connectivity index (χ4n) is 2.04. The molecule has 1 amide bonds. The number of rotatable bonds is 11. The number of esters is 1. The number of benzene rings is 1. The van der Waals surface area contributed by atoms with Crippen LogP contribution in [0.25, 0.3) is 0 Å². The van der Waals surface area contributed by atoms with Crippen LogP contribution < -0.4 is 4.72 Å². The topological polar surface area (TPSA) is 140 Å². The predicted molar refractivity (Wildman–Crippen MR) is 99.3 cm³/mol. The molecular formula is C17H19ClN4O5S. The number of nitrogens with one attached hydrogen (secondary N) is 1. The van der Waals surface area contributed by atoms with Crippen LogP contribution in [0.1, 0.15) is 19.3 Å². The fraction of sp³-hybridized carbons (Fsp3) is 0.412. The Kier molecular flexibility index (Phi) is 9.96. The molecule has 28 heavy (non-hydrogen) atoms. The number of amides is 1. The minimum Gasteiger partial charge on any atom is -0.456 e. The minimum absolute atomic E-state index is 0.0332. The van der Waals surface area contributed by atoms with Crippen molar-refractivity contribution in [1.29, 1.82) is 10.5 Å². The first kappa shape index (κ1) is 23.4. The van der Waals surface area contributed by atoms with Gasteiger partial charge in [0.25, 0.3) is 5.91 Å². The van der Waals surface area contributed by atoms with Crippen LogP contribution in [0.3, 0.4) is 0 Å². The highest BCUT2D eigenvalue weighted by Gasteiger charge is 2.17. The monoisotopic (exact) mass is 426 g/mol. The number of nitriles is 2. The van der Waals surface area contributed by atoms with Gasteiger partial charge in [-0.25, -0.2) is 13.1 Å². The Bertz CT molecular complexity index is 858. The van der Waals surface area contributed by atoms with Gasteiger partial charge < -0.3 is 9.64 Å². The summed E-state index contributed by atoms with van der Waals surface area (Å²) in [6.45, 7) is -0.493. The van der Waals surface area contributed by atoms with E-state index in [-0.39, 0.29) is 48.8 Å². The highest BCUT2D eigenvalue weighted by atomic mass is 35.5. The quantitative estimate of drug-likeness (QED) is 0.524. The summed E-state index contributed by atoms with van der Waals surface area (Å²) in [5.41, 5.74) is 0. The summed E-state index contributed by atoms with van der Waals surface area (Å²) in [5.74, 6) is -1.29. The van der Waals surface area contributed by atoms with E-state index in [1.165, 1.54) is 29.2 Å². The summed E-state index contributed by atoms with van der Waals surface area (Å²) in [7, 11) is -3.82. The average molecular weight is 427 g/mol. The Morgan fingerprint density at radius 1 is 1.18 bits per heavy atom. The Hall–Kier alpha value is -2.66. The third kappa shape index (κ3) is 8.35. The summed E-state index contributed by atoms with van der Waals surface area (Å²) < 4.78 is 31.3. The van der Waals surface area contributed by atoms with Gasteiger partial charge in [-0.1, -0.05) is 17.7 Å². The molecule has 0 aliphatic carbocycles. The van der Waals surface area contributed by atoms with Crippen molar-refractivity contribution >= 4 is 33.5 Å². The van der Waals surface area contributed by atoms with Gasteiger partial charge in [0, 0.05) is 24.7 Å². The van der Waals surface area contributed by atoms with Crippen molar-refractivity contribution in [1.82, 2.24) is 9.62 Å². The Labute approximate surface area is 168 Å². The first-order chi connectivity index (χ1) is 13.3. The maximum Gasteiger partial charge on any atom is 0.307 e. The number of halogens is 1. The number of hydrogen-bond donors (Lipinski definition) is 1. The van der Waals surface area contributed by atoms with Gasteiger partial charge in [-0.15, -0.1) is 0 Å². The van der Waals surface area contributed by atoms with Gasteiger partial charge in [0.15, 0.2) is 6.61 Å². The van der Waals surface area contributed by atoms with Crippen molar-refractivity contribution in [2.45, 2.75) is 24.2 Å². The zero-order valence-electron chi connectivity index (χ0n) is 14.9. The third-order valence-corrected chi connectivity index (χ3v) is 5.12. The van der Waals surface area contributed by atoms with Crippen molar-refractivity contribution in [3.05, 3.63) is 29.3 Å². The van der Waals surface area contributed by atoms with Crippen molar-refractivity contribution in [2.75, 3.05) is 26.2 Å². The molecular weight excluding hydrogens is 408 g/mol. The van der Waals surface area contributed by atoms with Gasteiger partial charge in [0.1, 0.15) is 0 Å². The Morgan fingerprint density at radius 3 is 2.39 bits per heavy atom. The molecule has 0 saturated heterocycles. The first-order valence-corrected chi connectivity index (χ1v) is 10.1. The molecule has 0 saturated carbocycles. The molecule has 1 N–H and O–H groups in total. The van der Waals surface area contributed by atoms with Gasteiger partial charge in [0.2, 0.25) is 10.0 Å². The van der Waals surface area contributed by atoms with Crippen molar-refractivity contribution in [3.8, 4) is 12.1 Å². The van der Waals surface area contributed by atoms with E-state index in [4.69, 9.17) is 26.9 Å². The van der Waals surface area contributed by atoms with Crippen LogP contribution >= 0.6 is 11.6 Å². The molecule has 150 valence electrons. The van der Waals surface area contributed by atoms with Crippen molar-refractivity contribution < 1.29 is 22.7 Å². The van der Waals surface area contributed by atoms with E-state index in [1.54, 1.807) is 0 Å². The van der Waals surface area contributed by atoms with Crippen LogP contribution in [0.15, 0.2) is 29.2 Å². The highest BCUT2D eigenvalue weighted by molar-refractivity contribution is 7.89. The zero-order chi connectivity index (χ0) is 21.0. The number of hydrogen-bond acceptors (Lipinski definition) is 7. The summed E-state index contributed by atoms with van der Waals surface area (Å²) in [6, 6.07) is 9.45. The highest BCUT2D eigenvalue weighted by Crippen LogP contribution is 2.15. The average Bonchev–Trinajstić information content (AvgIpc) is 2.66. The maximum atomic E-state index is 12.1. The number of nitrogens with zero attached hydrogens (tertiary/aromatic N) is 3. The second-order valence-electron chi connectivity index (χ2n) is 5.46. The second kappa shape index (κ2) is 11.9. The van der Waals surface area contributed by atoms with Gasteiger partial charge in [-0.2, -0.15) is 10.5 Å². The van der Waals surface area contributed by atoms with Gasteiger partial charge in [-0.05, 0) is 18.2 Å². The number of ether oxygens (including phenoxy) is 1. The predicted octanol–water partition coefficient (Wildman–Crippen LogP) is 1.21. The van der Waals surface area contributed by atoms with E-state index in [0.717, 1.165) is 0 Å². The van der Waals surface area contributed by atoms with Gasteiger partial charge in [0.05, 0.1) is 36.3 Å².